The zero-order valence-corrected chi connectivity index (χ0v) is 15.8. The van der Waals surface area contributed by atoms with Gasteiger partial charge in [0.05, 0.1) is 5.69 Å². The van der Waals surface area contributed by atoms with Crippen LogP contribution in [0.3, 0.4) is 0 Å². The third-order valence-electron chi connectivity index (χ3n) is 3.59. The lowest BCUT2D eigenvalue weighted by Gasteiger charge is -2.08. The lowest BCUT2D eigenvalue weighted by molar-refractivity contribution is 0.102. The van der Waals surface area contributed by atoms with Crippen LogP contribution in [-0.2, 0) is 5.75 Å². The van der Waals surface area contributed by atoms with Gasteiger partial charge in [-0.2, -0.15) is 0 Å². The molecule has 0 saturated heterocycles. The van der Waals surface area contributed by atoms with Gasteiger partial charge in [-0.05, 0) is 60.2 Å². The van der Waals surface area contributed by atoms with E-state index in [0.717, 1.165) is 16.5 Å². The highest BCUT2D eigenvalue weighted by molar-refractivity contribution is 7.98. The standard InChI is InChI=1S/C20H14Cl2FNOS/c21-15-4-7-17(8-5-15)26-12-13-2-1-3-14(10-13)20(25)24-19-9-6-16(22)11-18(19)23/h1-11H,12H2,(H,24,25). The predicted octanol–water partition coefficient (Wildman–Crippen LogP) is 6.68. The molecule has 0 fully saturated rings. The molecule has 1 amide bonds. The Morgan fingerprint density at radius 2 is 1.69 bits per heavy atom. The minimum absolute atomic E-state index is 0.0975. The van der Waals surface area contributed by atoms with Crippen LogP contribution in [0.4, 0.5) is 10.1 Å². The van der Waals surface area contributed by atoms with Crippen molar-refractivity contribution in [1.82, 2.24) is 0 Å². The van der Waals surface area contributed by atoms with Crippen LogP contribution in [0, 0.1) is 5.82 Å². The molecule has 0 unspecified atom stereocenters. The van der Waals surface area contributed by atoms with Gasteiger partial charge in [-0.15, -0.1) is 11.8 Å². The Kier molecular flexibility index (Phi) is 6.20. The Hall–Kier alpha value is -2.01. The minimum Gasteiger partial charge on any atom is -0.319 e. The molecule has 0 bridgehead atoms. The molecule has 3 rings (SSSR count). The smallest absolute Gasteiger partial charge is 0.255 e. The van der Waals surface area contributed by atoms with E-state index in [2.05, 4.69) is 5.32 Å². The molecule has 0 aliphatic carbocycles. The molecule has 0 atom stereocenters. The van der Waals surface area contributed by atoms with Crippen LogP contribution < -0.4 is 5.32 Å². The minimum atomic E-state index is -0.569. The fourth-order valence-corrected chi connectivity index (χ4v) is 3.41. The number of halogens is 3. The summed E-state index contributed by atoms with van der Waals surface area (Å²) in [5.74, 6) is -0.234. The Morgan fingerprint density at radius 1 is 0.962 bits per heavy atom. The quantitative estimate of drug-likeness (QED) is 0.479. The lowest BCUT2D eigenvalue weighted by Crippen LogP contribution is -2.13. The topological polar surface area (TPSA) is 29.1 Å². The molecule has 132 valence electrons. The lowest BCUT2D eigenvalue weighted by atomic mass is 10.1. The molecule has 26 heavy (non-hydrogen) atoms. The van der Waals surface area contributed by atoms with Gasteiger partial charge in [-0.3, -0.25) is 4.79 Å². The molecule has 0 saturated carbocycles. The zero-order valence-electron chi connectivity index (χ0n) is 13.5. The highest BCUT2D eigenvalue weighted by atomic mass is 35.5. The van der Waals surface area contributed by atoms with E-state index >= 15 is 0 Å². The number of thioether (sulfide) groups is 1. The normalized spacial score (nSPS) is 10.6. The van der Waals surface area contributed by atoms with Crippen LogP contribution in [0.2, 0.25) is 10.0 Å². The van der Waals surface area contributed by atoms with Crippen molar-refractivity contribution in [3.8, 4) is 0 Å². The summed E-state index contributed by atoms with van der Waals surface area (Å²) in [6, 6.07) is 19.0. The van der Waals surface area contributed by atoms with E-state index in [9.17, 15) is 9.18 Å². The second-order valence-corrected chi connectivity index (χ2v) is 7.44. The van der Waals surface area contributed by atoms with Crippen LogP contribution in [0.5, 0.6) is 0 Å². The maximum absolute atomic E-state index is 13.8. The molecular weight excluding hydrogens is 392 g/mol. The molecule has 0 aliphatic rings. The summed E-state index contributed by atoms with van der Waals surface area (Å²) in [6.07, 6.45) is 0. The average Bonchev–Trinajstić information content (AvgIpc) is 2.64. The number of hydrogen-bond donors (Lipinski definition) is 1. The van der Waals surface area contributed by atoms with Crippen molar-refractivity contribution in [3.05, 3.63) is 93.7 Å². The summed E-state index contributed by atoms with van der Waals surface area (Å²) in [5.41, 5.74) is 1.56. The van der Waals surface area contributed by atoms with E-state index in [-0.39, 0.29) is 16.6 Å². The van der Waals surface area contributed by atoms with Crippen LogP contribution in [0.15, 0.2) is 71.6 Å². The number of nitrogens with one attached hydrogen (secondary N) is 1. The van der Waals surface area contributed by atoms with E-state index in [1.807, 2.05) is 36.4 Å². The molecule has 0 aliphatic heterocycles. The molecule has 3 aromatic rings. The maximum Gasteiger partial charge on any atom is 0.255 e. The summed E-state index contributed by atoms with van der Waals surface area (Å²) in [6.45, 7) is 0. The second-order valence-electron chi connectivity index (χ2n) is 5.52. The fraction of sp³-hybridized carbons (Fsp3) is 0.0500. The third kappa shape index (κ3) is 5.01. The van der Waals surface area contributed by atoms with Gasteiger partial charge < -0.3 is 5.32 Å². The first-order chi connectivity index (χ1) is 12.5. The fourth-order valence-electron chi connectivity index (χ4n) is 2.29. The summed E-state index contributed by atoms with van der Waals surface area (Å²) < 4.78 is 13.8. The zero-order chi connectivity index (χ0) is 18.5. The Balaban J connectivity index is 1.67. The third-order valence-corrected chi connectivity index (χ3v) is 5.16. The van der Waals surface area contributed by atoms with Gasteiger partial charge in [0.25, 0.3) is 5.91 Å². The van der Waals surface area contributed by atoms with Crippen LogP contribution in [0.1, 0.15) is 15.9 Å². The highest BCUT2D eigenvalue weighted by Gasteiger charge is 2.10. The maximum atomic E-state index is 13.8. The van der Waals surface area contributed by atoms with Crippen molar-refractivity contribution in [2.75, 3.05) is 5.32 Å². The molecule has 6 heteroatoms. The van der Waals surface area contributed by atoms with Gasteiger partial charge in [-0.1, -0.05) is 35.3 Å². The van der Waals surface area contributed by atoms with Gasteiger partial charge in [0.15, 0.2) is 0 Å². The van der Waals surface area contributed by atoms with Crippen molar-refractivity contribution in [1.29, 1.82) is 0 Å². The van der Waals surface area contributed by atoms with Crippen molar-refractivity contribution in [2.45, 2.75) is 10.6 Å². The first-order valence-electron chi connectivity index (χ1n) is 7.75. The molecule has 0 aromatic heterocycles. The number of anilines is 1. The molecular formula is C20H14Cl2FNOS. The van der Waals surface area contributed by atoms with Crippen LogP contribution >= 0.6 is 35.0 Å². The first kappa shape index (κ1) is 18.8. The summed E-state index contributed by atoms with van der Waals surface area (Å²) in [5, 5.41) is 3.54. The predicted molar refractivity (Wildman–Crippen MR) is 107 cm³/mol. The van der Waals surface area contributed by atoms with E-state index in [4.69, 9.17) is 23.2 Å². The van der Waals surface area contributed by atoms with Crippen molar-refractivity contribution >= 4 is 46.6 Å². The van der Waals surface area contributed by atoms with E-state index in [0.29, 0.717) is 16.3 Å². The average molecular weight is 406 g/mol. The van der Waals surface area contributed by atoms with E-state index < -0.39 is 5.82 Å². The van der Waals surface area contributed by atoms with Crippen LogP contribution in [0.25, 0.3) is 0 Å². The van der Waals surface area contributed by atoms with Gasteiger partial charge in [0.1, 0.15) is 5.82 Å². The second kappa shape index (κ2) is 8.58. The SMILES string of the molecule is O=C(Nc1ccc(Cl)cc1F)c1cccc(CSc2ccc(Cl)cc2)c1. The molecule has 2 nitrogen and oxygen atoms in total. The van der Waals surface area contributed by atoms with E-state index in [1.54, 1.807) is 23.9 Å². The number of carbonyl (C=O) groups excluding carboxylic acids is 1. The number of hydrogen-bond acceptors (Lipinski definition) is 2. The summed E-state index contributed by atoms with van der Waals surface area (Å²) in [7, 11) is 0. The summed E-state index contributed by atoms with van der Waals surface area (Å²) >= 11 is 13.3. The van der Waals surface area contributed by atoms with E-state index in [1.165, 1.54) is 12.1 Å². The monoisotopic (exact) mass is 405 g/mol. The number of benzene rings is 3. The highest BCUT2D eigenvalue weighted by Crippen LogP contribution is 2.25. The van der Waals surface area contributed by atoms with Crippen molar-refractivity contribution in [3.63, 3.8) is 0 Å². The number of amides is 1. The van der Waals surface area contributed by atoms with Crippen molar-refractivity contribution < 1.29 is 9.18 Å². The first-order valence-corrected chi connectivity index (χ1v) is 9.49. The molecule has 0 heterocycles. The molecule has 0 radical (unpaired) electrons. The van der Waals surface area contributed by atoms with Gasteiger partial charge >= 0.3 is 0 Å². The van der Waals surface area contributed by atoms with Gasteiger partial charge in [0, 0.05) is 26.3 Å². The van der Waals surface area contributed by atoms with Gasteiger partial charge in [0.2, 0.25) is 0 Å². The Labute approximate surface area is 165 Å². The Bertz CT molecular complexity index is 931. The largest absolute Gasteiger partial charge is 0.319 e. The number of carbonyl (C=O) groups is 1. The summed E-state index contributed by atoms with van der Waals surface area (Å²) in [4.78, 5) is 13.5. The molecule has 3 aromatic carbocycles. The van der Waals surface area contributed by atoms with Gasteiger partial charge in [-0.25, -0.2) is 4.39 Å². The number of rotatable bonds is 5. The Morgan fingerprint density at radius 3 is 2.42 bits per heavy atom. The van der Waals surface area contributed by atoms with Crippen LogP contribution in [-0.4, -0.2) is 5.91 Å². The van der Waals surface area contributed by atoms with Crippen molar-refractivity contribution in [2.24, 2.45) is 0 Å². The molecule has 0 spiro atoms. The molecule has 1 N–H and O–H groups in total.